The summed E-state index contributed by atoms with van der Waals surface area (Å²) in [6, 6.07) is 12.2. The summed E-state index contributed by atoms with van der Waals surface area (Å²) in [5.74, 6) is 0.857. The molecule has 0 bridgehead atoms. The van der Waals surface area contributed by atoms with Crippen LogP contribution >= 0.6 is 0 Å². The summed E-state index contributed by atoms with van der Waals surface area (Å²) >= 11 is 0. The van der Waals surface area contributed by atoms with Crippen molar-refractivity contribution in [1.82, 2.24) is 0 Å². The average molecular weight is 270 g/mol. The smallest absolute Gasteiger partial charge is 0.197 e. The monoisotopic (exact) mass is 270 g/mol. The first-order valence-corrected chi connectivity index (χ1v) is 7.18. The third-order valence-electron chi connectivity index (χ3n) is 3.28. The number of ether oxygens (including phenoxy) is 2. The van der Waals surface area contributed by atoms with E-state index in [1.54, 1.807) is 0 Å². The molecule has 0 spiro atoms. The molecule has 0 saturated carbocycles. The second-order valence-electron chi connectivity index (χ2n) is 4.81. The molecule has 0 saturated heterocycles. The molecule has 2 heteroatoms. The Balaban J connectivity index is 2.20. The number of rotatable bonds is 7. The highest BCUT2D eigenvalue weighted by Crippen LogP contribution is 2.29. The first-order chi connectivity index (χ1) is 9.76. The van der Waals surface area contributed by atoms with Crippen LogP contribution in [0.3, 0.4) is 0 Å². The van der Waals surface area contributed by atoms with Crippen LogP contribution in [-0.2, 0) is 4.74 Å². The fourth-order valence-corrected chi connectivity index (χ4v) is 2.18. The lowest BCUT2D eigenvalue weighted by atomic mass is 10.0. The van der Waals surface area contributed by atoms with Gasteiger partial charge < -0.3 is 9.47 Å². The summed E-state index contributed by atoms with van der Waals surface area (Å²) < 4.78 is 11.6. The summed E-state index contributed by atoms with van der Waals surface area (Å²) in [4.78, 5) is 0. The van der Waals surface area contributed by atoms with E-state index in [0.29, 0.717) is 0 Å². The maximum atomic E-state index is 5.92. The molecule has 2 aromatic carbocycles. The molecular weight excluding hydrogens is 248 g/mol. The summed E-state index contributed by atoms with van der Waals surface area (Å²) in [6.07, 6.45) is 3.82. The van der Waals surface area contributed by atoms with Gasteiger partial charge in [-0.2, -0.15) is 0 Å². The van der Waals surface area contributed by atoms with Crippen LogP contribution in [0.2, 0.25) is 0 Å². The molecular formula is C18H22O2. The zero-order valence-electron chi connectivity index (χ0n) is 12.3. The van der Waals surface area contributed by atoms with Crippen LogP contribution in [0, 0.1) is 0 Å². The molecule has 2 nitrogen and oxygen atoms in total. The van der Waals surface area contributed by atoms with Crippen molar-refractivity contribution in [2.24, 2.45) is 0 Å². The van der Waals surface area contributed by atoms with Gasteiger partial charge in [0, 0.05) is 5.39 Å². The van der Waals surface area contributed by atoms with Gasteiger partial charge >= 0.3 is 0 Å². The van der Waals surface area contributed by atoms with E-state index < -0.39 is 0 Å². The first-order valence-electron chi connectivity index (χ1n) is 7.18. The lowest BCUT2D eigenvalue weighted by Gasteiger charge is -2.17. The van der Waals surface area contributed by atoms with E-state index in [-0.39, 0.29) is 6.29 Å². The third-order valence-corrected chi connectivity index (χ3v) is 3.28. The van der Waals surface area contributed by atoms with Gasteiger partial charge in [0.1, 0.15) is 5.75 Å². The van der Waals surface area contributed by atoms with E-state index in [4.69, 9.17) is 9.47 Å². The van der Waals surface area contributed by atoms with Gasteiger partial charge in [0.25, 0.3) is 0 Å². The molecule has 0 fully saturated rings. The maximum Gasteiger partial charge on any atom is 0.197 e. The van der Waals surface area contributed by atoms with Crippen LogP contribution in [0.1, 0.15) is 32.3 Å². The van der Waals surface area contributed by atoms with Crippen LogP contribution in [0.15, 0.2) is 43.0 Å². The van der Waals surface area contributed by atoms with Crippen molar-refractivity contribution >= 4 is 16.8 Å². The molecule has 0 aliphatic heterocycles. The topological polar surface area (TPSA) is 18.5 Å². The second kappa shape index (κ2) is 7.11. The highest BCUT2D eigenvalue weighted by Gasteiger charge is 2.08. The minimum Gasteiger partial charge on any atom is -0.465 e. The van der Waals surface area contributed by atoms with Gasteiger partial charge in [-0.25, -0.2) is 0 Å². The van der Waals surface area contributed by atoms with E-state index in [1.807, 2.05) is 37.3 Å². The van der Waals surface area contributed by atoms with Crippen molar-refractivity contribution in [3.8, 4) is 5.75 Å². The van der Waals surface area contributed by atoms with Crippen molar-refractivity contribution in [2.75, 3.05) is 6.61 Å². The number of fused-ring (bicyclic) bond motifs is 1. The van der Waals surface area contributed by atoms with Crippen molar-refractivity contribution in [1.29, 1.82) is 0 Å². The molecule has 1 atom stereocenters. The van der Waals surface area contributed by atoms with Crippen molar-refractivity contribution in [2.45, 2.75) is 33.0 Å². The molecule has 1 unspecified atom stereocenters. The Morgan fingerprint density at radius 2 is 1.90 bits per heavy atom. The van der Waals surface area contributed by atoms with Crippen LogP contribution in [0.4, 0.5) is 0 Å². The quantitative estimate of drug-likeness (QED) is 0.519. The SMILES string of the molecule is C=Cc1ccc(OC(C)OCCCC)c2ccccc12. The Morgan fingerprint density at radius 3 is 2.60 bits per heavy atom. The zero-order valence-corrected chi connectivity index (χ0v) is 12.3. The standard InChI is InChI=1S/C18H22O2/c1-4-6-13-19-14(3)20-18-12-11-15(5-2)16-9-7-8-10-17(16)18/h5,7-12,14H,2,4,6,13H2,1,3H3. The molecule has 0 heterocycles. The summed E-state index contributed by atoms with van der Waals surface area (Å²) in [5, 5.41) is 2.25. The molecule has 0 amide bonds. The van der Waals surface area contributed by atoms with Crippen molar-refractivity contribution in [3.05, 3.63) is 48.5 Å². The molecule has 106 valence electrons. The fraction of sp³-hybridized carbons (Fsp3) is 0.333. The lowest BCUT2D eigenvalue weighted by molar-refractivity contribution is -0.0665. The van der Waals surface area contributed by atoms with Crippen LogP contribution < -0.4 is 4.74 Å². The van der Waals surface area contributed by atoms with Crippen molar-refractivity contribution < 1.29 is 9.47 Å². The van der Waals surface area contributed by atoms with Crippen LogP contribution in [0.5, 0.6) is 5.75 Å². The second-order valence-corrected chi connectivity index (χ2v) is 4.81. The lowest BCUT2D eigenvalue weighted by Crippen LogP contribution is -2.17. The van der Waals surface area contributed by atoms with Gasteiger partial charge in [-0.3, -0.25) is 0 Å². The van der Waals surface area contributed by atoms with Crippen LogP contribution in [0.25, 0.3) is 16.8 Å². The summed E-state index contributed by atoms with van der Waals surface area (Å²) in [6.45, 7) is 8.68. The minimum absolute atomic E-state index is 0.237. The number of hydrogen-bond donors (Lipinski definition) is 0. The molecule has 0 aliphatic rings. The van der Waals surface area contributed by atoms with E-state index >= 15 is 0 Å². The predicted molar refractivity (Wildman–Crippen MR) is 85.0 cm³/mol. The summed E-state index contributed by atoms with van der Waals surface area (Å²) in [5.41, 5.74) is 1.12. The van der Waals surface area contributed by atoms with E-state index in [1.165, 1.54) is 0 Å². The summed E-state index contributed by atoms with van der Waals surface area (Å²) in [7, 11) is 0. The Labute approximate surface area is 121 Å². The molecule has 0 N–H and O–H groups in total. The van der Waals surface area contributed by atoms with Crippen LogP contribution in [-0.4, -0.2) is 12.9 Å². The largest absolute Gasteiger partial charge is 0.465 e. The van der Waals surface area contributed by atoms with Gasteiger partial charge in [-0.1, -0.05) is 56.3 Å². The van der Waals surface area contributed by atoms with Gasteiger partial charge in [0.05, 0.1) is 6.61 Å². The molecule has 0 aromatic heterocycles. The Kier molecular flexibility index (Phi) is 5.19. The third kappa shape index (κ3) is 3.40. The van der Waals surface area contributed by atoms with Gasteiger partial charge in [-0.05, 0) is 30.4 Å². The molecule has 2 aromatic rings. The average Bonchev–Trinajstić information content (AvgIpc) is 2.48. The zero-order chi connectivity index (χ0) is 14.4. The number of benzene rings is 2. The molecule has 2 rings (SSSR count). The normalized spacial score (nSPS) is 12.3. The van der Waals surface area contributed by atoms with Gasteiger partial charge in [0.15, 0.2) is 6.29 Å². The maximum absolute atomic E-state index is 5.92. The minimum atomic E-state index is -0.237. The highest BCUT2D eigenvalue weighted by molar-refractivity contribution is 5.94. The van der Waals surface area contributed by atoms with E-state index in [0.717, 1.165) is 41.5 Å². The Morgan fingerprint density at radius 1 is 1.15 bits per heavy atom. The van der Waals surface area contributed by atoms with E-state index in [9.17, 15) is 0 Å². The molecule has 0 radical (unpaired) electrons. The number of hydrogen-bond acceptors (Lipinski definition) is 2. The van der Waals surface area contributed by atoms with Gasteiger partial charge in [0.2, 0.25) is 0 Å². The number of unbranched alkanes of at least 4 members (excludes halogenated alkanes) is 1. The highest BCUT2D eigenvalue weighted by atomic mass is 16.7. The fourth-order valence-electron chi connectivity index (χ4n) is 2.18. The molecule has 20 heavy (non-hydrogen) atoms. The van der Waals surface area contributed by atoms with Gasteiger partial charge in [-0.15, -0.1) is 0 Å². The predicted octanol–water partition coefficient (Wildman–Crippen LogP) is 5.02. The Bertz CT molecular complexity index is 575. The van der Waals surface area contributed by atoms with Crippen molar-refractivity contribution in [3.63, 3.8) is 0 Å². The molecule has 0 aliphatic carbocycles. The first kappa shape index (κ1) is 14.6. The van der Waals surface area contributed by atoms with E-state index in [2.05, 4.69) is 25.6 Å². The Hall–Kier alpha value is -1.80.